The van der Waals surface area contributed by atoms with Gasteiger partial charge in [-0.05, 0) is 37.0 Å². The second-order valence-corrected chi connectivity index (χ2v) is 3.40. The third kappa shape index (κ3) is 3.02. The van der Waals surface area contributed by atoms with Gasteiger partial charge in [0.1, 0.15) is 0 Å². The Morgan fingerprint density at radius 1 is 1.46 bits per heavy atom. The number of aryl methyl sites for hydroxylation is 1. The van der Waals surface area contributed by atoms with Gasteiger partial charge >= 0.3 is 0 Å². The largest absolute Gasteiger partial charge is 0.261 e. The zero-order valence-corrected chi connectivity index (χ0v) is 8.51. The van der Waals surface area contributed by atoms with Crippen molar-refractivity contribution in [3.05, 3.63) is 36.2 Å². The van der Waals surface area contributed by atoms with Crippen molar-refractivity contribution in [2.75, 3.05) is 0 Å². The molecule has 1 aromatic heterocycles. The van der Waals surface area contributed by atoms with Gasteiger partial charge in [-0.25, -0.2) is 0 Å². The first kappa shape index (κ1) is 9.97. The van der Waals surface area contributed by atoms with E-state index in [0.29, 0.717) is 0 Å². The van der Waals surface area contributed by atoms with Crippen LogP contribution in [0.3, 0.4) is 0 Å². The molecule has 0 atom stereocenters. The molecule has 0 saturated heterocycles. The lowest BCUT2D eigenvalue weighted by Crippen LogP contribution is -1.86. The average molecular weight is 175 g/mol. The predicted octanol–water partition coefficient (Wildman–Crippen LogP) is 3.59. The predicted molar refractivity (Wildman–Crippen MR) is 57.5 cm³/mol. The summed E-state index contributed by atoms with van der Waals surface area (Å²) in [5.74, 6) is 0. The van der Waals surface area contributed by atoms with Gasteiger partial charge in [0, 0.05) is 11.9 Å². The molecule has 0 aliphatic heterocycles. The van der Waals surface area contributed by atoms with Gasteiger partial charge in [0.2, 0.25) is 0 Å². The minimum absolute atomic E-state index is 1.06. The molecule has 1 nitrogen and oxygen atoms in total. The molecule has 0 spiro atoms. The molecule has 1 rings (SSSR count). The van der Waals surface area contributed by atoms with Gasteiger partial charge < -0.3 is 0 Å². The monoisotopic (exact) mass is 175 g/mol. The van der Waals surface area contributed by atoms with Crippen LogP contribution in [0.15, 0.2) is 24.9 Å². The summed E-state index contributed by atoms with van der Waals surface area (Å²) in [5.41, 5.74) is 3.44. The molecule has 1 aromatic rings. The molecule has 1 heterocycles. The Kier molecular flexibility index (Phi) is 3.69. The van der Waals surface area contributed by atoms with Gasteiger partial charge in [-0.3, -0.25) is 4.98 Å². The van der Waals surface area contributed by atoms with Crippen LogP contribution in [0.2, 0.25) is 0 Å². The van der Waals surface area contributed by atoms with E-state index in [-0.39, 0.29) is 0 Å². The van der Waals surface area contributed by atoms with E-state index in [1.165, 1.54) is 24.0 Å². The Hall–Kier alpha value is -1.11. The molecular formula is C12H17N. The molecule has 0 radical (unpaired) electrons. The number of hydrogen-bond acceptors (Lipinski definition) is 1. The van der Waals surface area contributed by atoms with Crippen molar-refractivity contribution in [3.63, 3.8) is 0 Å². The van der Waals surface area contributed by atoms with Crippen LogP contribution in [0.1, 0.15) is 37.4 Å². The summed E-state index contributed by atoms with van der Waals surface area (Å²) in [4.78, 5) is 4.25. The highest BCUT2D eigenvalue weighted by Crippen LogP contribution is 2.17. The highest BCUT2D eigenvalue weighted by molar-refractivity contribution is 5.62. The van der Waals surface area contributed by atoms with Crippen LogP contribution in [0.25, 0.3) is 5.57 Å². The van der Waals surface area contributed by atoms with Crippen molar-refractivity contribution in [2.24, 2.45) is 0 Å². The standard InChI is InChI=1S/C12H17N/c1-4-5-6-10(2)12-8-7-11(3)13-9-12/h7-9H,2,4-6H2,1,3H3. The maximum Gasteiger partial charge on any atom is 0.0373 e. The maximum atomic E-state index is 4.25. The fourth-order valence-electron chi connectivity index (χ4n) is 1.21. The highest BCUT2D eigenvalue weighted by Gasteiger charge is 1.97. The van der Waals surface area contributed by atoms with Gasteiger partial charge in [0.25, 0.3) is 0 Å². The van der Waals surface area contributed by atoms with E-state index in [9.17, 15) is 0 Å². The molecule has 0 aliphatic rings. The molecule has 0 unspecified atom stereocenters. The van der Waals surface area contributed by atoms with Crippen LogP contribution in [0.5, 0.6) is 0 Å². The fourth-order valence-corrected chi connectivity index (χ4v) is 1.21. The van der Waals surface area contributed by atoms with Gasteiger partial charge in [-0.15, -0.1) is 0 Å². The van der Waals surface area contributed by atoms with Crippen LogP contribution >= 0.6 is 0 Å². The van der Waals surface area contributed by atoms with E-state index in [1.54, 1.807) is 0 Å². The number of pyridine rings is 1. The van der Waals surface area contributed by atoms with Crippen LogP contribution in [0.4, 0.5) is 0 Å². The van der Waals surface area contributed by atoms with E-state index in [4.69, 9.17) is 0 Å². The third-order valence-electron chi connectivity index (χ3n) is 2.15. The zero-order valence-electron chi connectivity index (χ0n) is 8.51. The summed E-state index contributed by atoms with van der Waals surface area (Å²) in [6.07, 6.45) is 5.43. The van der Waals surface area contributed by atoms with Crippen molar-refractivity contribution in [3.8, 4) is 0 Å². The second kappa shape index (κ2) is 4.80. The smallest absolute Gasteiger partial charge is 0.0373 e. The molecule has 0 amide bonds. The van der Waals surface area contributed by atoms with E-state index in [0.717, 1.165) is 12.1 Å². The molecule has 1 heteroatoms. The van der Waals surface area contributed by atoms with E-state index in [1.807, 2.05) is 19.2 Å². The minimum atomic E-state index is 1.06. The Labute approximate surface area is 80.5 Å². The lowest BCUT2D eigenvalue weighted by Gasteiger charge is -2.04. The maximum absolute atomic E-state index is 4.25. The molecule has 0 bridgehead atoms. The lowest BCUT2D eigenvalue weighted by molar-refractivity contribution is 0.824. The Bertz CT molecular complexity index is 272. The summed E-state index contributed by atoms with van der Waals surface area (Å²) in [6, 6.07) is 4.13. The SMILES string of the molecule is C=C(CCCC)c1ccc(C)nc1. The first-order valence-electron chi connectivity index (χ1n) is 4.85. The van der Waals surface area contributed by atoms with Crippen molar-refractivity contribution < 1.29 is 0 Å². The summed E-state index contributed by atoms with van der Waals surface area (Å²) < 4.78 is 0. The first-order chi connectivity index (χ1) is 6.24. The van der Waals surface area contributed by atoms with Crippen molar-refractivity contribution >= 4 is 5.57 Å². The molecule has 0 aliphatic carbocycles. The van der Waals surface area contributed by atoms with Gasteiger partial charge in [0.15, 0.2) is 0 Å². The summed E-state index contributed by atoms with van der Waals surface area (Å²) >= 11 is 0. The number of nitrogens with zero attached hydrogens (tertiary/aromatic N) is 1. The fraction of sp³-hybridized carbons (Fsp3) is 0.417. The molecular weight excluding hydrogens is 158 g/mol. The minimum Gasteiger partial charge on any atom is -0.261 e. The number of rotatable bonds is 4. The number of unbranched alkanes of at least 4 members (excludes halogenated alkanes) is 1. The van der Waals surface area contributed by atoms with Gasteiger partial charge in [-0.1, -0.05) is 26.0 Å². The van der Waals surface area contributed by atoms with Gasteiger partial charge in [-0.2, -0.15) is 0 Å². The molecule has 0 saturated carbocycles. The summed E-state index contributed by atoms with van der Waals surface area (Å²) in [7, 11) is 0. The van der Waals surface area contributed by atoms with E-state index in [2.05, 4.69) is 24.6 Å². The number of allylic oxidation sites excluding steroid dienone is 1. The number of aromatic nitrogens is 1. The van der Waals surface area contributed by atoms with Crippen LogP contribution in [-0.2, 0) is 0 Å². The summed E-state index contributed by atoms with van der Waals surface area (Å²) in [6.45, 7) is 8.25. The Balaban J connectivity index is 2.61. The zero-order chi connectivity index (χ0) is 9.68. The van der Waals surface area contributed by atoms with Crippen molar-refractivity contribution in [2.45, 2.75) is 33.1 Å². The normalized spacial score (nSPS) is 10.0. The van der Waals surface area contributed by atoms with Crippen LogP contribution < -0.4 is 0 Å². The third-order valence-corrected chi connectivity index (χ3v) is 2.15. The van der Waals surface area contributed by atoms with E-state index >= 15 is 0 Å². The quantitative estimate of drug-likeness (QED) is 0.681. The van der Waals surface area contributed by atoms with Crippen LogP contribution in [0, 0.1) is 6.92 Å². The van der Waals surface area contributed by atoms with Crippen molar-refractivity contribution in [1.29, 1.82) is 0 Å². The highest BCUT2D eigenvalue weighted by atomic mass is 14.7. The topological polar surface area (TPSA) is 12.9 Å². The number of hydrogen-bond donors (Lipinski definition) is 0. The molecule has 0 fully saturated rings. The van der Waals surface area contributed by atoms with E-state index < -0.39 is 0 Å². The lowest BCUT2D eigenvalue weighted by atomic mass is 10.0. The average Bonchev–Trinajstić information content (AvgIpc) is 2.15. The van der Waals surface area contributed by atoms with Crippen molar-refractivity contribution in [1.82, 2.24) is 4.98 Å². The molecule has 70 valence electrons. The molecule has 0 aromatic carbocycles. The molecule has 0 N–H and O–H groups in total. The first-order valence-corrected chi connectivity index (χ1v) is 4.85. The van der Waals surface area contributed by atoms with Crippen LogP contribution in [-0.4, -0.2) is 4.98 Å². The van der Waals surface area contributed by atoms with Gasteiger partial charge in [0.05, 0.1) is 0 Å². The molecule has 13 heavy (non-hydrogen) atoms. The summed E-state index contributed by atoms with van der Waals surface area (Å²) in [5, 5.41) is 0. The second-order valence-electron chi connectivity index (χ2n) is 3.40. The Morgan fingerprint density at radius 3 is 2.77 bits per heavy atom. The Morgan fingerprint density at radius 2 is 2.23 bits per heavy atom.